The number of aromatic nitrogens is 2. The van der Waals surface area contributed by atoms with E-state index in [-0.39, 0.29) is 12.4 Å². The Balaban J connectivity index is 2.61. The summed E-state index contributed by atoms with van der Waals surface area (Å²) in [5.74, 6) is 0.421. The Hall–Kier alpha value is -1.45. The van der Waals surface area contributed by atoms with Crippen LogP contribution in [0.5, 0.6) is 5.75 Å². The average molecular weight is 136 g/mol. The van der Waals surface area contributed by atoms with Gasteiger partial charge in [-0.3, -0.25) is 4.79 Å². The normalized spacial score (nSPS) is 14.6. The Labute approximate surface area is 56.9 Å². The van der Waals surface area contributed by atoms with Crippen LogP contribution in [0.25, 0.3) is 0 Å². The molecule has 0 fully saturated rings. The molecule has 0 unspecified atom stereocenters. The van der Waals surface area contributed by atoms with Crippen LogP contribution in [0.3, 0.4) is 0 Å². The molecular formula is C6H4N2O2. The number of carbonyl (C=O) groups is 1. The minimum absolute atomic E-state index is 0.0719. The van der Waals surface area contributed by atoms with Gasteiger partial charge >= 0.3 is 0 Å². The van der Waals surface area contributed by atoms with Gasteiger partial charge in [0.25, 0.3) is 0 Å². The molecular weight excluding hydrogens is 132 g/mol. The molecule has 0 spiro atoms. The van der Waals surface area contributed by atoms with Crippen molar-refractivity contribution in [1.82, 2.24) is 9.97 Å². The average Bonchev–Trinajstić information content (AvgIpc) is 2.34. The highest BCUT2D eigenvalue weighted by atomic mass is 16.5. The molecule has 0 aromatic carbocycles. The second kappa shape index (κ2) is 1.76. The van der Waals surface area contributed by atoms with Gasteiger partial charge in [-0.15, -0.1) is 0 Å². The predicted octanol–water partition coefficient (Wildman–Crippen LogP) is 0.0517. The van der Waals surface area contributed by atoms with Gasteiger partial charge in [-0.25, -0.2) is 9.97 Å². The third kappa shape index (κ3) is 0.586. The maximum Gasteiger partial charge on any atom is 0.222 e. The summed E-state index contributed by atoms with van der Waals surface area (Å²) in [4.78, 5) is 18.3. The number of nitrogens with zero attached hydrogens (tertiary/aromatic N) is 2. The second-order valence-electron chi connectivity index (χ2n) is 1.95. The number of Topliss-reactive ketones (excluding diaryl/α,β-unsaturated/α-hetero) is 1. The van der Waals surface area contributed by atoms with Crippen molar-refractivity contribution in [3.63, 3.8) is 0 Å². The molecule has 0 radical (unpaired) electrons. The van der Waals surface area contributed by atoms with E-state index in [1.54, 1.807) is 0 Å². The number of ether oxygens (including phenoxy) is 1. The first kappa shape index (κ1) is 5.34. The summed E-state index contributed by atoms with van der Waals surface area (Å²) < 4.78 is 4.94. The highest BCUT2D eigenvalue weighted by Gasteiger charge is 2.21. The number of hydrogen-bond acceptors (Lipinski definition) is 4. The summed E-state index contributed by atoms with van der Waals surface area (Å²) in [7, 11) is 0. The predicted molar refractivity (Wildman–Crippen MR) is 31.9 cm³/mol. The number of carbonyl (C=O) groups excluding carboxylic acids is 1. The lowest BCUT2D eigenvalue weighted by Gasteiger charge is -1.90. The molecule has 0 atom stereocenters. The minimum Gasteiger partial charge on any atom is -0.481 e. The summed E-state index contributed by atoms with van der Waals surface area (Å²) >= 11 is 0. The SMILES string of the molecule is O=C1COc2cncnc21. The topological polar surface area (TPSA) is 52.1 Å². The summed E-state index contributed by atoms with van der Waals surface area (Å²) in [6.45, 7) is 0.105. The first-order valence-corrected chi connectivity index (χ1v) is 2.84. The van der Waals surface area contributed by atoms with E-state index in [1.807, 2.05) is 0 Å². The van der Waals surface area contributed by atoms with Gasteiger partial charge in [-0.05, 0) is 0 Å². The quantitative estimate of drug-likeness (QED) is 0.505. The van der Waals surface area contributed by atoms with Gasteiger partial charge in [0.15, 0.2) is 18.1 Å². The number of ketones is 1. The van der Waals surface area contributed by atoms with Crippen LogP contribution in [-0.2, 0) is 0 Å². The zero-order valence-electron chi connectivity index (χ0n) is 5.07. The Morgan fingerprint density at radius 3 is 3.30 bits per heavy atom. The van der Waals surface area contributed by atoms with Crippen LogP contribution < -0.4 is 4.74 Å². The van der Waals surface area contributed by atoms with E-state index in [0.717, 1.165) is 0 Å². The number of rotatable bonds is 0. The molecule has 0 N–H and O–H groups in total. The van der Waals surface area contributed by atoms with Gasteiger partial charge in [0.05, 0.1) is 6.20 Å². The number of hydrogen-bond donors (Lipinski definition) is 0. The molecule has 1 aromatic rings. The third-order valence-corrected chi connectivity index (χ3v) is 1.30. The second-order valence-corrected chi connectivity index (χ2v) is 1.95. The summed E-state index contributed by atoms with van der Waals surface area (Å²) in [6, 6.07) is 0. The summed E-state index contributed by atoms with van der Waals surface area (Å²) in [6.07, 6.45) is 2.83. The van der Waals surface area contributed by atoms with Gasteiger partial charge in [0.2, 0.25) is 5.78 Å². The van der Waals surface area contributed by atoms with Crippen molar-refractivity contribution in [2.45, 2.75) is 0 Å². The van der Waals surface area contributed by atoms with E-state index in [9.17, 15) is 4.79 Å². The molecule has 10 heavy (non-hydrogen) atoms. The Morgan fingerprint density at radius 1 is 1.60 bits per heavy atom. The lowest BCUT2D eigenvalue weighted by atomic mass is 10.3. The van der Waals surface area contributed by atoms with Crippen molar-refractivity contribution in [3.05, 3.63) is 18.2 Å². The zero-order valence-corrected chi connectivity index (χ0v) is 5.07. The molecule has 1 aliphatic rings. The summed E-state index contributed by atoms with van der Waals surface area (Å²) in [5, 5.41) is 0. The van der Waals surface area contributed by atoms with Crippen molar-refractivity contribution in [2.75, 3.05) is 6.61 Å². The van der Waals surface area contributed by atoms with Crippen LogP contribution in [-0.4, -0.2) is 22.4 Å². The van der Waals surface area contributed by atoms with Crippen molar-refractivity contribution >= 4 is 5.78 Å². The molecule has 0 saturated heterocycles. The van der Waals surface area contributed by atoms with Gasteiger partial charge < -0.3 is 4.74 Å². The van der Waals surface area contributed by atoms with Crippen molar-refractivity contribution in [1.29, 1.82) is 0 Å². The van der Waals surface area contributed by atoms with Crippen LogP contribution >= 0.6 is 0 Å². The maximum absolute atomic E-state index is 10.9. The molecule has 0 aliphatic carbocycles. The molecule has 2 heterocycles. The lowest BCUT2D eigenvalue weighted by molar-refractivity contribution is 0.0958. The highest BCUT2D eigenvalue weighted by Crippen LogP contribution is 2.19. The maximum atomic E-state index is 10.9. The molecule has 4 heteroatoms. The van der Waals surface area contributed by atoms with Crippen LogP contribution in [0.1, 0.15) is 10.5 Å². The van der Waals surface area contributed by atoms with E-state index in [2.05, 4.69) is 9.97 Å². The Morgan fingerprint density at radius 2 is 2.50 bits per heavy atom. The molecule has 0 amide bonds. The van der Waals surface area contributed by atoms with Gasteiger partial charge in [0, 0.05) is 0 Å². The van der Waals surface area contributed by atoms with Crippen molar-refractivity contribution in [3.8, 4) is 5.75 Å². The van der Waals surface area contributed by atoms with Crippen LogP contribution in [0.2, 0.25) is 0 Å². The molecule has 1 aliphatic heterocycles. The summed E-state index contributed by atoms with van der Waals surface area (Å²) in [5.41, 5.74) is 0.398. The fraction of sp³-hybridized carbons (Fsp3) is 0.167. The fourth-order valence-corrected chi connectivity index (χ4v) is 0.844. The zero-order chi connectivity index (χ0) is 6.97. The molecule has 0 saturated carbocycles. The fourth-order valence-electron chi connectivity index (χ4n) is 0.844. The largest absolute Gasteiger partial charge is 0.481 e. The van der Waals surface area contributed by atoms with E-state index in [1.165, 1.54) is 12.5 Å². The van der Waals surface area contributed by atoms with Crippen LogP contribution in [0.15, 0.2) is 12.5 Å². The molecule has 4 nitrogen and oxygen atoms in total. The minimum atomic E-state index is -0.0719. The molecule has 2 rings (SSSR count). The first-order valence-electron chi connectivity index (χ1n) is 2.84. The molecule has 0 bridgehead atoms. The number of fused-ring (bicyclic) bond motifs is 1. The highest BCUT2D eigenvalue weighted by molar-refractivity contribution is 6.00. The first-order chi connectivity index (χ1) is 4.88. The Kier molecular flexibility index (Phi) is 0.943. The van der Waals surface area contributed by atoms with E-state index >= 15 is 0 Å². The van der Waals surface area contributed by atoms with Gasteiger partial charge in [-0.1, -0.05) is 0 Å². The standard InChI is InChI=1S/C6H4N2O2/c9-4-2-10-5-1-7-3-8-6(4)5/h1,3H,2H2. The molecule has 1 aromatic heterocycles. The molecule has 50 valence electrons. The third-order valence-electron chi connectivity index (χ3n) is 1.30. The van der Waals surface area contributed by atoms with Crippen LogP contribution in [0, 0.1) is 0 Å². The van der Waals surface area contributed by atoms with Crippen LogP contribution in [0.4, 0.5) is 0 Å². The Bertz CT molecular complexity index is 285. The monoisotopic (exact) mass is 136 g/mol. The van der Waals surface area contributed by atoms with Gasteiger partial charge in [0.1, 0.15) is 6.33 Å². The van der Waals surface area contributed by atoms with E-state index in [4.69, 9.17) is 4.74 Å². The van der Waals surface area contributed by atoms with Crippen molar-refractivity contribution in [2.24, 2.45) is 0 Å². The van der Waals surface area contributed by atoms with Gasteiger partial charge in [-0.2, -0.15) is 0 Å². The van der Waals surface area contributed by atoms with E-state index in [0.29, 0.717) is 11.4 Å². The smallest absolute Gasteiger partial charge is 0.222 e. The lowest BCUT2D eigenvalue weighted by Crippen LogP contribution is -2.00. The van der Waals surface area contributed by atoms with Crippen molar-refractivity contribution < 1.29 is 9.53 Å². The van der Waals surface area contributed by atoms with E-state index < -0.39 is 0 Å².